The first-order valence-electron chi connectivity index (χ1n) is 6.63. The predicted octanol–water partition coefficient (Wildman–Crippen LogP) is 2.34. The van der Waals surface area contributed by atoms with Gasteiger partial charge in [-0.2, -0.15) is 0 Å². The lowest BCUT2D eigenvalue weighted by Gasteiger charge is -2.38. The van der Waals surface area contributed by atoms with Gasteiger partial charge in [-0.1, -0.05) is 33.6 Å². The third kappa shape index (κ3) is 3.76. The summed E-state index contributed by atoms with van der Waals surface area (Å²) in [5.74, 6) is 2.44. The van der Waals surface area contributed by atoms with Crippen molar-refractivity contribution in [1.82, 2.24) is 4.90 Å². The Balaban J connectivity index is 2.37. The van der Waals surface area contributed by atoms with Crippen LogP contribution in [-0.4, -0.2) is 31.1 Å². The molecule has 0 aromatic carbocycles. The quantitative estimate of drug-likeness (QED) is 0.758. The Morgan fingerprint density at radius 1 is 1.33 bits per heavy atom. The van der Waals surface area contributed by atoms with Gasteiger partial charge in [-0.05, 0) is 37.3 Å². The van der Waals surface area contributed by atoms with Crippen molar-refractivity contribution in [3.8, 4) is 0 Å². The van der Waals surface area contributed by atoms with Crippen molar-refractivity contribution >= 4 is 0 Å². The van der Waals surface area contributed by atoms with Crippen molar-refractivity contribution in [3.05, 3.63) is 0 Å². The van der Waals surface area contributed by atoms with E-state index in [9.17, 15) is 0 Å². The van der Waals surface area contributed by atoms with Gasteiger partial charge in [0.05, 0.1) is 0 Å². The number of nitrogens with zero attached hydrogens (tertiary/aromatic N) is 1. The normalized spacial score (nSPS) is 28.6. The monoisotopic (exact) mass is 212 g/mol. The van der Waals surface area contributed by atoms with Crippen LogP contribution in [0.3, 0.4) is 0 Å². The molecule has 2 unspecified atom stereocenters. The second-order valence-electron chi connectivity index (χ2n) is 5.20. The van der Waals surface area contributed by atoms with Crippen molar-refractivity contribution in [3.63, 3.8) is 0 Å². The van der Waals surface area contributed by atoms with E-state index in [4.69, 9.17) is 5.73 Å². The fourth-order valence-electron chi connectivity index (χ4n) is 2.61. The van der Waals surface area contributed by atoms with E-state index < -0.39 is 0 Å². The summed E-state index contributed by atoms with van der Waals surface area (Å²) in [6, 6.07) is 0. The lowest BCUT2D eigenvalue weighted by atomic mass is 9.86. The Hall–Kier alpha value is -0.0800. The lowest BCUT2D eigenvalue weighted by Crippen LogP contribution is -2.44. The fraction of sp³-hybridized carbons (Fsp3) is 1.00. The molecule has 0 aromatic rings. The average Bonchev–Trinajstić information content (AvgIpc) is 2.28. The minimum absolute atomic E-state index is 0.730. The van der Waals surface area contributed by atoms with Gasteiger partial charge in [-0.15, -0.1) is 0 Å². The Kier molecular flexibility index (Phi) is 5.62. The van der Waals surface area contributed by atoms with Crippen LogP contribution in [0.2, 0.25) is 0 Å². The summed E-state index contributed by atoms with van der Waals surface area (Å²) in [6.07, 6.45) is 3.97. The molecule has 0 saturated carbocycles. The zero-order chi connectivity index (χ0) is 11.3. The van der Waals surface area contributed by atoms with Crippen molar-refractivity contribution in [2.75, 3.05) is 26.2 Å². The van der Waals surface area contributed by atoms with Gasteiger partial charge < -0.3 is 10.6 Å². The van der Waals surface area contributed by atoms with E-state index in [0.717, 1.165) is 24.3 Å². The number of hydrogen-bond acceptors (Lipinski definition) is 2. The van der Waals surface area contributed by atoms with Crippen molar-refractivity contribution < 1.29 is 0 Å². The molecule has 1 saturated heterocycles. The van der Waals surface area contributed by atoms with Crippen LogP contribution in [0.25, 0.3) is 0 Å². The summed E-state index contributed by atoms with van der Waals surface area (Å²) in [5, 5.41) is 0. The lowest BCUT2D eigenvalue weighted by molar-refractivity contribution is 0.113. The first-order chi connectivity index (χ1) is 7.21. The van der Waals surface area contributed by atoms with Gasteiger partial charge in [0, 0.05) is 13.1 Å². The molecule has 0 aliphatic carbocycles. The van der Waals surface area contributed by atoms with Crippen LogP contribution in [-0.2, 0) is 0 Å². The third-order valence-electron chi connectivity index (χ3n) is 4.17. The molecule has 15 heavy (non-hydrogen) atoms. The van der Waals surface area contributed by atoms with Crippen LogP contribution in [0.4, 0.5) is 0 Å². The molecule has 1 heterocycles. The third-order valence-corrected chi connectivity index (χ3v) is 4.17. The molecule has 0 bridgehead atoms. The molecule has 1 fully saturated rings. The number of rotatable bonds is 5. The molecule has 2 N–H and O–H groups in total. The summed E-state index contributed by atoms with van der Waals surface area (Å²) in [7, 11) is 0. The van der Waals surface area contributed by atoms with Crippen molar-refractivity contribution in [1.29, 1.82) is 0 Å². The molecular formula is C13H28N2. The Morgan fingerprint density at radius 2 is 2.00 bits per heavy atom. The highest BCUT2D eigenvalue weighted by molar-refractivity contribution is 4.79. The minimum atomic E-state index is 0.730. The SMILES string of the molecule is CCC(CC)CN1CCC(C)C(CN)C1. The number of likely N-dealkylation sites (tertiary alicyclic amines) is 1. The van der Waals surface area contributed by atoms with Crippen LogP contribution in [0.1, 0.15) is 40.0 Å². The summed E-state index contributed by atoms with van der Waals surface area (Å²) < 4.78 is 0. The first-order valence-corrected chi connectivity index (χ1v) is 6.63. The van der Waals surface area contributed by atoms with E-state index in [0.29, 0.717) is 0 Å². The molecule has 0 amide bonds. The minimum Gasteiger partial charge on any atom is -0.330 e. The zero-order valence-corrected chi connectivity index (χ0v) is 10.7. The molecular weight excluding hydrogens is 184 g/mol. The maximum Gasteiger partial charge on any atom is 0.00244 e. The Bertz CT molecular complexity index is 164. The second-order valence-corrected chi connectivity index (χ2v) is 5.20. The van der Waals surface area contributed by atoms with Gasteiger partial charge in [0.15, 0.2) is 0 Å². The number of nitrogens with two attached hydrogens (primary N) is 1. The van der Waals surface area contributed by atoms with Gasteiger partial charge >= 0.3 is 0 Å². The molecule has 1 rings (SSSR count). The van der Waals surface area contributed by atoms with Crippen molar-refractivity contribution in [2.24, 2.45) is 23.5 Å². The van der Waals surface area contributed by atoms with E-state index in [-0.39, 0.29) is 0 Å². The summed E-state index contributed by atoms with van der Waals surface area (Å²) in [4.78, 5) is 2.63. The van der Waals surface area contributed by atoms with Crippen LogP contribution >= 0.6 is 0 Å². The van der Waals surface area contributed by atoms with E-state index in [2.05, 4.69) is 25.7 Å². The summed E-state index contributed by atoms with van der Waals surface area (Å²) in [6.45, 7) is 11.6. The molecule has 0 radical (unpaired) electrons. The molecule has 0 spiro atoms. The van der Waals surface area contributed by atoms with Crippen LogP contribution in [0, 0.1) is 17.8 Å². The topological polar surface area (TPSA) is 29.3 Å². The molecule has 2 atom stereocenters. The molecule has 0 aromatic heterocycles. The predicted molar refractivity (Wildman–Crippen MR) is 66.8 cm³/mol. The highest BCUT2D eigenvalue weighted by atomic mass is 15.1. The molecule has 2 nitrogen and oxygen atoms in total. The van der Waals surface area contributed by atoms with Gasteiger partial charge in [-0.25, -0.2) is 0 Å². The zero-order valence-electron chi connectivity index (χ0n) is 10.7. The smallest absolute Gasteiger partial charge is 0.00244 e. The molecule has 90 valence electrons. The Morgan fingerprint density at radius 3 is 2.53 bits per heavy atom. The van der Waals surface area contributed by atoms with Gasteiger partial charge in [0.1, 0.15) is 0 Å². The second kappa shape index (κ2) is 6.49. The van der Waals surface area contributed by atoms with E-state index in [1.165, 1.54) is 38.9 Å². The maximum absolute atomic E-state index is 5.83. The van der Waals surface area contributed by atoms with Gasteiger partial charge in [-0.3, -0.25) is 0 Å². The van der Waals surface area contributed by atoms with Gasteiger partial charge in [0.2, 0.25) is 0 Å². The molecule has 1 aliphatic heterocycles. The van der Waals surface area contributed by atoms with Crippen LogP contribution in [0.15, 0.2) is 0 Å². The maximum atomic E-state index is 5.83. The highest BCUT2D eigenvalue weighted by Crippen LogP contribution is 2.23. The van der Waals surface area contributed by atoms with E-state index in [1.54, 1.807) is 0 Å². The van der Waals surface area contributed by atoms with E-state index in [1.807, 2.05) is 0 Å². The highest BCUT2D eigenvalue weighted by Gasteiger charge is 2.25. The molecule has 2 heteroatoms. The average molecular weight is 212 g/mol. The fourth-order valence-corrected chi connectivity index (χ4v) is 2.61. The Labute approximate surface area is 95.2 Å². The van der Waals surface area contributed by atoms with Crippen molar-refractivity contribution in [2.45, 2.75) is 40.0 Å². The first kappa shape index (κ1) is 13.0. The molecule has 1 aliphatic rings. The van der Waals surface area contributed by atoms with E-state index >= 15 is 0 Å². The largest absolute Gasteiger partial charge is 0.330 e. The standard InChI is InChI=1S/C13H28N2/c1-4-12(5-2)9-15-7-6-11(3)13(8-14)10-15/h11-13H,4-10,14H2,1-3H3. The van der Waals surface area contributed by atoms with Gasteiger partial charge in [0.25, 0.3) is 0 Å². The summed E-state index contributed by atoms with van der Waals surface area (Å²) >= 11 is 0. The van der Waals surface area contributed by atoms with Crippen LogP contribution in [0.5, 0.6) is 0 Å². The number of piperidine rings is 1. The number of hydrogen-bond donors (Lipinski definition) is 1. The summed E-state index contributed by atoms with van der Waals surface area (Å²) in [5.41, 5.74) is 5.83. The van der Waals surface area contributed by atoms with Crippen LogP contribution < -0.4 is 5.73 Å².